The Morgan fingerprint density at radius 3 is 2.37 bits per heavy atom. The number of nitrogens with one attached hydrogen (secondary N) is 2. The Labute approximate surface area is 176 Å². The van der Waals surface area contributed by atoms with Crippen LogP contribution in [0.3, 0.4) is 0 Å². The molecule has 4 rings (SSSR count). The Morgan fingerprint density at radius 1 is 0.900 bits per heavy atom. The minimum Gasteiger partial charge on any atom is -0.322 e. The van der Waals surface area contributed by atoms with Crippen molar-refractivity contribution in [1.29, 1.82) is 0 Å². The molecule has 3 aromatic rings. The first-order valence-electron chi connectivity index (χ1n) is 9.60. The summed E-state index contributed by atoms with van der Waals surface area (Å²) in [6.07, 6.45) is 3.63. The first kappa shape index (κ1) is 19.8. The van der Waals surface area contributed by atoms with Crippen molar-refractivity contribution in [3.63, 3.8) is 0 Å². The largest absolute Gasteiger partial charge is 0.322 e. The number of rotatable bonds is 5. The van der Waals surface area contributed by atoms with Gasteiger partial charge in [0.2, 0.25) is 0 Å². The van der Waals surface area contributed by atoms with Crippen molar-refractivity contribution in [3.8, 4) is 0 Å². The number of hydrogen-bond acceptors (Lipinski definition) is 5. The summed E-state index contributed by atoms with van der Waals surface area (Å²) in [6, 6.07) is 14.9. The van der Waals surface area contributed by atoms with E-state index in [4.69, 9.17) is 0 Å². The van der Waals surface area contributed by atoms with Crippen molar-refractivity contribution in [2.24, 2.45) is 0 Å². The van der Waals surface area contributed by atoms with Gasteiger partial charge < -0.3 is 10.6 Å². The number of thiophene rings is 1. The third-order valence-corrected chi connectivity index (χ3v) is 6.21. The van der Waals surface area contributed by atoms with E-state index in [1.54, 1.807) is 18.2 Å². The normalized spacial score (nSPS) is 12.7. The standard InChI is InChI=1S/C22H19N3O4S/c26-20(15-10-4-6-12-17(15)25(28)29)24-22-19(16-11-5-7-13-18(16)30-22)21(27)23-14-8-2-1-3-9-14/h1-4,6,8-10,12H,5,7,11,13H2,(H,23,27)(H,24,26). The monoisotopic (exact) mass is 421 g/mol. The molecule has 1 aromatic heterocycles. The van der Waals surface area contributed by atoms with Gasteiger partial charge in [-0.25, -0.2) is 0 Å². The number of hydrogen-bond donors (Lipinski definition) is 2. The van der Waals surface area contributed by atoms with Crippen molar-refractivity contribution < 1.29 is 14.5 Å². The maximum absolute atomic E-state index is 13.1. The van der Waals surface area contributed by atoms with E-state index in [1.165, 1.54) is 29.5 Å². The quantitative estimate of drug-likeness (QED) is 0.445. The summed E-state index contributed by atoms with van der Waals surface area (Å²) >= 11 is 1.38. The highest BCUT2D eigenvalue weighted by molar-refractivity contribution is 7.17. The second-order valence-corrected chi connectivity index (χ2v) is 8.07. The van der Waals surface area contributed by atoms with Crippen LogP contribution in [0.1, 0.15) is 44.0 Å². The number of nitro benzene ring substituents is 1. The molecule has 2 amide bonds. The lowest BCUT2D eigenvalue weighted by atomic mass is 9.95. The number of fused-ring (bicyclic) bond motifs is 1. The molecule has 0 unspecified atom stereocenters. The van der Waals surface area contributed by atoms with Crippen molar-refractivity contribution in [3.05, 3.63) is 86.3 Å². The lowest BCUT2D eigenvalue weighted by Crippen LogP contribution is -2.19. The lowest BCUT2D eigenvalue weighted by molar-refractivity contribution is -0.385. The minimum absolute atomic E-state index is 0.0386. The van der Waals surface area contributed by atoms with Gasteiger partial charge in [-0.2, -0.15) is 0 Å². The molecule has 1 aliphatic carbocycles. The Bertz CT molecular complexity index is 1120. The summed E-state index contributed by atoms with van der Waals surface area (Å²) in [6.45, 7) is 0. The minimum atomic E-state index is -0.602. The second-order valence-electron chi connectivity index (χ2n) is 6.96. The molecule has 7 nitrogen and oxygen atoms in total. The Morgan fingerprint density at radius 2 is 1.60 bits per heavy atom. The van der Waals surface area contributed by atoms with Crippen LogP contribution >= 0.6 is 11.3 Å². The number of nitrogens with zero attached hydrogens (tertiary/aromatic N) is 1. The van der Waals surface area contributed by atoms with Crippen LogP contribution in [0.2, 0.25) is 0 Å². The first-order valence-corrected chi connectivity index (χ1v) is 10.4. The average molecular weight is 421 g/mol. The van der Waals surface area contributed by atoms with E-state index in [0.29, 0.717) is 16.3 Å². The Balaban J connectivity index is 1.68. The summed E-state index contributed by atoms with van der Waals surface area (Å²) in [4.78, 5) is 37.7. The van der Waals surface area contributed by atoms with Gasteiger partial charge in [0.1, 0.15) is 10.6 Å². The zero-order chi connectivity index (χ0) is 21.1. The molecule has 8 heteroatoms. The molecule has 2 N–H and O–H groups in total. The summed E-state index contributed by atoms with van der Waals surface area (Å²) in [7, 11) is 0. The van der Waals surface area contributed by atoms with E-state index >= 15 is 0 Å². The second kappa shape index (κ2) is 8.46. The van der Waals surface area contributed by atoms with E-state index in [0.717, 1.165) is 36.1 Å². The molecule has 1 aliphatic rings. The van der Waals surface area contributed by atoms with E-state index in [-0.39, 0.29) is 17.2 Å². The first-order chi connectivity index (χ1) is 14.5. The molecule has 0 atom stereocenters. The van der Waals surface area contributed by atoms with Crippen molar-refractivity contribution >= 4 is 39.5 Å². The number of anilines is 2. The fraction of sp³-hybridized carbons (Fsp3) is 0.182. The molecule has 0 radical (unpaired) electrons. The van der Waals surface area contributed by atoms with E-state index in [2.05, 4.69) is 10.6 Å². The van der Waals surface area contributed by atoms with Crippen LogP contribution in [0.4, 0.5) is 16.4 Å². The maximum atomic E-state index is 13.1. The zero-order valence-corrected chi connectivity index (χ0v) is 16.8. The van der Waals surface area contributed by atoms with Gasteiger partial charge in [-0.15, -0.1) is 11.3 Å². The molecule has 152 valence electrons. The van der Waals surface area contributed by atoms with E-state index in [9.17, 15) is 19.7 Å². The van der Waals surface area contributed by atoms with Crippen molar-refractivity contribution in [2.45, 2.75) is 25.7 Å². The van der Waals surface area contributed by atoms with Gasteiger partial charge in [-0.3, -0.25) is 19.7 Å². The number of para-hydroxylation sites is 2. The Kier molecular flexibility index (Phi) is 5.58. The topological polar surface area (TPSA) is 101 Å². The Hall–Kier alpha value is -3.52. The molecule has 0 spiro atoms. The van der Waals surface area contributed by atoms with E-state index in [1.807, 2.05) is 18.2 Å². The highest BCUT2D eigenvalue weighted by atomic mass is 32.1. The number of amides is 2. The summed E-state index contributed by atoms with van der Waals surface area (Å²) in [5.41, 5.74) is 1.76. The van der Waals surface area contributed by atoms with Crippen LogP contribution in [0.15, 0.2) is 54.6 Å². The molecule has 0 fully saturated rings. The molecule has 1 heterocycles. The summed E-state index contributed by atoms with van der Waals surface area (Å²) in [5.74, 6) is -0.895. The highest BCUT2D eigenvalue weighted by Gasteiger charge is 2.28. The van der Waals surface area contributed by atoms with Crippen LogP contribution in [0.5, 0.6) is 0 Å². The molecule has 30 heavy (non-hydrogen) atoms. The van der Waals surface area contributed by atoms with E-state index < -0.39 is 10.8 Å². The summed E-state index contributed by atoms with van der Waals surface area (Å²) in [5, 5.41) is 17.4. The molecule has 0 bridgehead atoms. The number of nitro groups is 1. The SMILES string of the molecule is O=C(Nc1sc2c(c1C(=O)Nc1ccccc1)CCCC2)c1ccccc1[N+](=O)[O-]. The van der Waals surface area contributed by atoms with Gasteiger partial charge in [-0.1, -0.05) is 30.3 Å². The maximum Gasteiger partial charge on any atom is 0.282 e. The molecule has 0 saturated heterocycles. The average Bonchev–Trinajstić information content (AvgIpc) is 3.12. The van der Waals surface area contributed by atoms with Crippen LogP contribution in [-0.4, -0.2) is 16.7 Å². The molecular weight excluding hydrogens is 402 g/mol. The van der Waals surface area contributed by atoms with Crippen LogP contribution < -0.4 is 10.6 Å². The van der Waals surface area contributed by atoms with Crippen molar-refractivity contribution in [2.75, 3.05) is 10.6 Å². The molecule has 0 aliphatic heterocycles. The van der Waals surface area contributed by atoms with Gasteiger partial charge in [0, 0.05) is 16.6 Å². The third kappa shape index (κ3) is 3.95. The number of carbonyl (C=O) groups is 2. The summed E-state index contributed by atoms with van der Waals surface area (Å²) < 4.78 is 0. The number of carbonyl (C=O) groups excluding carboxylic acids is 2. The molecular formula is C22H19N3O4S. The van der Waals surface area contributed by atoms with Crippen LogP contribution in [0.25, 0.3) is 0 Å². The van der Waals surface area contributed by atoms with Gasteiger partial charge in [0.05, 0.1) is 10.5 Å². The third-order valence-electron chi connectivity index (χ3n) is 5.00. The van der Waals surface area contributed by atoms with Gasteiger partial charge in [0.15, 0.2) is 0 Å². The molecule has 2 aromatic carbocycles. The molecule has 0 saturated carbocycles. The lowest BCUT2D eigenvalue weighted by Gasteiger charge is -2.13. The fourth-order valence-electron chi connectivity index (χ4n) is 3.60. The number of benzene rings is 2. The van der Waals surface area contributed by atoms with Crippen LogP contribution in [-0.2, 0) is 12.8 Å². The smallest absolute Gasteiger partial charge is 0.282 e. The fourth-order valence-corrected chi connectivity index (χ4v) is 4.89. The highest BCUT2D eigenvalue weighted by Crippen LogP contribution is 2.39. The predicted octanol–water partition coefficient (Wildman–Crippen LogP) is 5.04. The number of aryl methyl sites for hydroxylation is 1. The van der Waals surface area contributed by atoms with Gasteiger partial charge >= 0.3 is 0 Å². The predicted molar refractivity (Wildman–Crippen MR) is 116 cm³/mol. The van der Waals surface area contributed by atoms with Gasteiger partial charge in [-0.05, 0) is 49.4 Å². The van der Waals surface area contributed by atoms with Crippen LogP contribution in [0, 0.1) is 10.1 Å². The van der Waals surface area contributed by atoms with Gasteiger partial charge in [0.25, 0.3) is 17.5 Å². The zero-order valence-electron chi connectivity index (χ0n) is 16.0. The van der Waals surface area contributed by atoms with Crippen molar-refractivity contribution in [1.82, 2.24) is 0 Å².